The predicted octanol–water partition coefficient (Wildman–Crippen LogP) is 4.60. The smallest absolute Gasteiger partial charge is 0.214 e. The average molecular weight is 457 g/mol. The fourth-order valence-corrected chi connectivity index (χ4v) is 4.98. The van der Waals surface area contributed by atoms with Gasteiger partial charge < -0.3 is 14.2 Å². The van der Waals surface area contributed by atoms with Crippen molar-refractivity contribution in [2.24, 2.45) is 16.7 Å². The summed E-state index contributed by atoms with van der Waals surface area (Å²) < 4.78 is 18.5. The maximum absolute atomic E-state index is 10.3. The van der Waals surface area contributed by atoms with Crippen LogP contribution in [-0.4, -0.2) is 18.3 Å². The van der Waals surface area contributed by atoms with Crippen molar-refractivity contribution in [3.63, 3.8) is 0 Å². The van der Waals surface area contributed by atoms with E-state index in [4.69, 9.17) is 19.6 Å². The van der Waals surface area contributed by atoms with Gasteiger partial charge in [-0.3, -0.25) is 5.41 Å². The zero-order chi connectivity index (χ0) is 21.4. The van der Waals surface area contributed by atoms with E-state index in [0.29, 0.717) is 35.2 Å². The molecule has 0 saturated carbocycles. The zero-order valence-corrected chi connectivity index (χ0v) is 18.0. The van der Waals surface area contributed by atoms with Gasteiger partial charge in [0.1, 0.15) is 11.9 Å². The van der Waals surface area contributed by atoms with Crippen molar-refractivity contribution in [1.82, 2.24) is 0 Å². The molecule has 4 unspecified atom stereocenters. The molecule has 3 rings (SSSR count). The summed E-state index contributed by atoms with van der Waals surface area (Å²) in [5.74, 6) is -1.88. The molecular weight excluding hydrogens is 436 g/mol. The highest BCUT2D eigenvalue weighted by Gasteiger charge is 2.79. The van der Waals surface area contributed by atoms with E-state index in [1.807, 2.05) is 13.8 Å². The summed E-state index contributed by atoms with van der Waals surface area (Å²) in [7, 11) is 0. The number of nitriles is 3. The Kier molecular flexibility index (Phi) is 5.34. The first-order chi connectivity index (χ1) is 13.8. The lowest BCUT2D eigenvalue weighted by atomic mass is 9.53. The normalized spacial score (nSPS) is 31.8. The number of nitrogens with one attached hydrogen (secondary N) is 1. The standard InChI is InChI=1S/C21H21BrN4O3/c1-4-6-16-19(3)28-17(14-9-13(22)7-8-15(14)27-5-2)20(10-23,11-24)21(16,12-25)18(26)29-19/h7-9,16-17,26H,4-6H2,1-3H3. The minimum Gasteiger partial charge on any atom is -0.493 e. The molecule has 2 heterocycles. The quantitative estimate of drug-likeness (QED) is 0.689. The molecule has 4 atom stereocenters. The zero-order valence-electron chi connectivity index (χ0n) is 16.5. The molecule has 150 valence electrons. The molecule has 2 aliphatic heterocycles. The number of halogens is 1. The van der Waals surface area contributed by atoms with Gasteiger partial charge in [0.2, 0.25) is 17.1 Å². The van der Waals surface area contributed by atoms with E-state index in [1.54, 1.807) is 25.1 Å². The van der Waals surface area contributed by atoms with Crippen molar-refractivity contribution < 1.29 is 14.2 Å². The van der Waals surface area contributed by atoms with Gasteiger partial charge in [0, 0.05) is 17.0 Å². The summed E-state index contributed by atoms with van der Waals surface area (Å²) in [5.41, 5.74) is -3.28. The minimum absolute atomic E-state index is 0.374. The molecule has 1 aromatic rings. The summed E-state index contributed by atoms with van der Waals surface area (Å²) in [6.45, 7) is 5.81. The third kappa shape index (κ3) is 2.65. The van der Waals surface area contributed by atoms with Gasteiger partial charge in [0.05, 0.1) is 30.7 Å². The minimum atomic E-state index is -1.98. The molecule has 2 saturated heterocycles. The summed E-state index contributed by atoms with van der Waals surface area (Å²) in [5, 5.41) is 39.3. The Labute approximate surface area is 178 Å². The number of hydrogen-bond donors (Lipinski definition) is 1. The van der Waals surface area contributed by atoms with Crippen LogP contribution < -0.4 is 4.74 Å². The molecule has 1 aromatic carbocycles. The molecular formula is C21H21BrN4O3. The van der Waals surface area contributed by atoms with E-state index < -0.39 is 28.6 Å². The average Bonchev–Trinajstić information content (AvgIpc) is 2.86. The van der Waals surface area contributed by atoms with Crippen molar-refractivity contribution in [2.45, 2.75) is 45.5 Å². The highest BCUT2D eigenvalue weighted by molar-refractivity contribution is 9.10. The molecule has 0 spiro atoms. The maximum Gasteiger partial charge on any atom is 0.214 e. The van der Waals surface area contributed by atoms with E-state index in [-0.39, 0.29) is 5.90 Å². The van der Waals surface area contributed by atoms with Crippen molar-refractivity contribution in [2.75, 3.05) is 6.61 Å². The second-order valence-electron chi connectivity index (χ2n) is 7.35. The SMILES string of the molecule is CCCC1C2(C)OC(=N)C1(C#N)C(C#N)(C#N)C(c1cc(Br)ccc1OCC)O2. The molecule has 8 heteroatoms. The van der Waals surface area contributed by atoms with E-state index >= 15 is 0 Å². The van der Waals surface area contributed by atoms with Crippen LogP contribution in [0.15, 0.2) is 22.7 Å². The Bertz CT molecular complexity index is 962. The first kappa shape index (κ1) is 21.1. The van der Waals surface area contributed by atoms with Crippen molar-refractivity contribution in [3.05, 3.63) is 28.2 Å². The number of ether oxygens (including phenoxy) is 3. The van der Waals surface area contributed by atoms with E-state index in [0.717, 1.165) is 0 Å². The van der Waals surface area contributed by atoms with Gasteiger partial charge in [-0.05, 0) is 31.5 Å². The Morgan fingerprint density at radius 1 is 1.21 bits per heavy atom. The lowest BCUT2D eigenvalue weighted by Crippen LogP contribution is -2.58. The van der Waals surface area contributed by atoms with E-state index in [2.05, 4.69) is 34.1 Å². The molecule has 1 N–H and O–H groups in total. The Morgan fingerprint density at radius 3 is 2.45 bits per heavy atom. The fourth-order valence-electron chi connectivity index (χ4n) is 4.61. The van der Waals surface area contributed by atoms with Gasteiger partial charge >= 0.3 is 0 Å². The van der Waals surface area contributed by atoms with Gasteiger partial charge in [-0.25, -0.2) is 0 Å². The van der Waals surface area contributed by atoms with Crippen LogP contribution in [0.25, 0.3) is 0 Å². The van der Waals surface area contributed by atoms with Gasteiger partial charge in [0.15, 0.2) is 5.41 Å². The van der Waals surface area contributed by atoms with Crippen molar-refractivity contribution in [3.8, 4) is 24.0 Å². The molecule has 0 aromatic heterocycles. The monoisotopic (exact) mass is 456 g/mol. The Balaban J connectivity index is 2.34. The van der Waals surface area contributed by atoms with Crippen LogP contribution in [0.5, 0.6) is 5.75 Å². The first-order valence-electron chi connectivity index (χ1n) is 9.42. The van der Waals surface area contributed by atoms with Crippen LogP contribution in [0.4, 0.5) is 0 Å². The fraction of sp³-hybridized carbons (Fsp3) is 0.524. The van der Waals surface area contributed by atoms with Crippen molar-refractivity contribution in [1.29, 1.82) is 21.2 Å². The van der Waals surface area contributed by atoms with Gasteiger partial charge in [-0.1, -0.05) is 29.3 Å². The van der Waals surface area contributed by atoms with E-state index in [1.165, 1.54) is 0 Å². The van der Waals surface area contributed by atoms with Gasteiger partial charge in [-0.2, -0.15) is 15.8 Å². The highest BCUT2D eigenvalue weighted by Crippen LogP contribution is 2.67. The lowest BCUT2D eigenvalue weighted by Gasteiger charge is -2.49. The summed E-state index contributed by atoms with van der Waals surface area (Å²) >= 11 is 3.42. The molecule has 0 radical (unpaired) electrons. The topological polar surface area (TPSA) is 123 Å². The third-order valence-corrected chi connectivity index (χ3v) is 6.34. The molecule has 7 nitrogen and oxygen atoms in total. The number of rotatable bonds is 5. The van der Waals surface area contributed by atoms with Crippen LogP contribution >= 0.6 is 15.9 Å². The van der Waals surface area contributed by atoms with Crippen molar-refractivity contribution >= 4 is 21.8 Å². The lowest BCUT2D eigenvalue weighted by molar-refractivity contribution is -0.274. The Morgan fingerprint density at radius 2 is 1.90 bits per heavy atom. The number of nitrogens with zero attached hydrogens (tertiary/aromatic N) is 3. The van der Waals surface area contributed by atoms with Crippen LogP contribution in [0.1, 0.15) is 45.3 Å². The second-order valence-corrected chi connectivity index (χ2v) is 8.27. The number of benzene rings is 1. The molecule has 29 heavy (non-hydrogen) atoms. The highest BCUT2D eigenvalue weighted by atomic mass is 79.9. The van der Waals surface area contributed by atoms with Crippen LogP contribution in [0.2, 0.25) is 0 Å². The molecule has 2 aliphatic rings. The molecule has 0 aliphatic carbocycles. The predicted molar refractivity (Wildman–Crippen MR) is 106 cm³/mol. The summed E-state index contributed by atoms with van der Waals surface area (Å²) in [6, 6.07) is 11.5. The summed E-state index contributed by atoms with van der Waals surface area (Å²) in [6.07, 6.45) is 0.0147. The molecule has 2 bridgehead atoms. The first-order valence-corrected chi connectivity index (χ1v) is 10.2. The largest absolute Gasteiger partial charge is 0.493 e. The van der Waals surface area contributed by atoms with E-state index in [9.17, 15) is 15.8 Å². The van der Waals surface area contributed by atoms with Crippen LogP contribution in [0, 0.1) is 56.2 Å². The number of fused-ring (bicyclic) bond motifs is 2. The second kappa shape index (κ2) is 7.34. The van der Waals surface area contributed by atoms with Crippen LogP contribution in [0.3, 0.4) is 0 Å². The summed E-state index contributed by atoms with van der Waals surface area (Å²) in [4.78, 5) is 0. The van der Waals surface area contributed by atoms with Gasteiger partial charge in [0.25, 0.3) is 0 Å². The molecule has 2 fully saturated rings. The van der Waals surface area contributed by atoms with Gasteiger partial charge in [-0.15, -0.1) is 0 Å². The van der Waals surface area contributed by atoms with Crippen LogP contribution in [-0.2, 0) is 9.47 Å². The number of hydrogen-bond acceptors (Lipinski definition) is 7. The third-order valence-electron chi connectivity index (χ3n) is 5.85. The molecule has 0 amide bonds. The Hall–Kier alpha value is -2.60. The maximum atomic E-state index is 10.3.